The third-order valence-corrected chi connectivity index (χ3v) is 3.33. The lowest BCUT2D eigenvalue weighted by atomic mass is 10.2. The van der Waals surface area contributed by atoms with Gasteiger partial charge in [0.25, 0.3) is 0 Å². The van der Waals surface area contributed by atoms with Gasteiger partial charge >= 0.3 is 0 Å². The van der Waals surface area contributed by atoms with E-state index in [1.807, 2.05) is 18.2 Å². The van der Waals surface area contributed by atoms with Crippen LogP contribution >= 0.6 is 11.8 Å². The molecule has 0 aliphatic carbocycles. The summed E-state index contributed by atoms with van der Waals surface area (Å²) in [4.78, 5) is 0. The third-order valence-electron chi connectivity index (χ3n) is 2.52. The molecule has 0 amide bonds. The van der Waals surface area contributed by atoms with Crippen molar-refractivity contribution in [2.45, 2.75) is 12.1 Å². The second-order valence-corrected chi connectivity index (χ2v) is 4.73. The van der Waals surface area contributed by atoms with Crippen LogP contribution in [0.5, 0.6) is 0 Å². The molecule has 0 radical (unpaired) electrons. The van der Waals surface area contributed by atoms with Crippen LogP contribution in [0.2, 0.25) is 0 Å². The van der Waals surface area contributed by atoms with Gasteiger partial charge in [0.15, 0.2) is 10.8 Å². The molecule has 3 nitrogen and oxygen atoms in total. The molecule has 0 aliphatic heterocycles. The first kappa shape index (κ1) is 9.66. The molecule has 3 rings (SSSR count). The van der Waals surface area contributed by atoms with Gasteiger partial charge in [-0.3, -0.25) is 4.40 Å². The number of aromatic nitrogens is 3. The second kappa shape index (κ2) is 3.79. The Morgan fingerprint density at radius 3 is 2.88 bits per heavy atom. The summed E-state index contributed by atoms with van der Waals surface area (Å²) in [6, 6.07) is 12.4. The summed E-state index contributed by atoms with van der Waals surface area (Å²) in [6.45, 7) is 2.12. The van der Waals surface area contributed by atoms with Crippen molar-refractivity contribution in [1.29, 1.82) is 0 Å². The first-order valence-electron chi connectivity index (χ1n) is 5.26. The second-order valence-electron chi connectivity index (χ2n) is 3.50. The maximum absolute atomic E-state index is 4.21. The average molecular weight is 229 g/mol. The monoisotopic (exact) mass is 229 g/mol. The van der Waals surface area contributed by atoms with E-state index >= 15 is 0 Å². The Labute approximate surface area is 97.5 Å². The molecule has 1 aromatic carbocycles. The van der Waals surface area contributed by atoms with Crippen LogP contribution in [0.3, 0.4) is 0 Å². The summed E-state index contributed by atoms with van der Waals surface area (Å²) in [6.07, 6.45) is 0. The normalized spacial score (nSPS) is 11.3. The Morgan fingerprint density at radius 2 is 2.00 bits per heavy atom. The molecule has 0 aliphatic rings. The predicted molar refractivity (Wildman–Crippen MR) is 66.9 cm³/mol. The molecule has 16 heavy (non-hydrogen) atoms. The highest BCUT2D eigenvalue weighted by atomic mass is 32.2. The molecular formula is C12H11N3S. The smallest absolute Gasteiger partial charge is 0.196 e. The molecule has 0 bridgehead atoms. The van der Waals surface area contributed by atoms with Crippen LogP contribution in [-0.4, -0.2) is 20.4 Å². The Kier molecular flexibility index (Phi) is 2.29. The standard InChI is InChI=1S/C12H11N3S/c1-2-16-12-14-13-11-8-7-9-5-3-4-6-10(9)15(11)12/h3-8H,2H2,1H3. The molecule has 4 heteroatoms. The van der Waals surface area contributed by atoms with Crippen molar-refractivity contribution in [1.82, 2.24) is 14.6 Å². The molecule has 0 spiro atoms. The van der Waals surface area contributed by atoms with E-state index in [4.69, 9.17) is 0 Å². The van der Waals surface area contributed by atoms with Crippen molar-refractivity contribution in [3.05, 3.63) is 36.4 Å². The first-order chi connectivity index (χ1) is 7.90. The molecule has 3 aromatic rings. The fourth-order valence-corrected chi connectivity index (χ4v) is 2.51. The minimum Gasteiger partial charge on any atom is -0.270 e. The van der Waals surface area contributed by atoms with Gasteiger partial charge in [-0.15, -0.1) is 10.2 Å². The highest BCUT2D eigenvalue weighted by molar-refractivity contribution is 7.99. The molecule has 0 saturated heterocycles. The summed E-state index contributed by atoms with van der Waals surface area (Å²) >= 11 is 1.72. The molecule has 2 heterocycles. The van der Waals surface area contributed by atoms with E-state index in [0.717, 1.165) is 16.6 Å². The van der Waals surface area contributed by atoms with Gasteiger partial charge in [-0.05, 0) is 29.3 Å². The zero-order valence-electron chi connectivity index (χ0n) is 8.92. The van der Waals surface area contributed by atoms with Crippen molar-refractivity contribution in [2.75, 3.05) is 5.75 Å². The van der Waals surface area contributed by atoms with E-state index in [1.165, 1.54) is 10.9 Å². The van der Waals surface area contributed by atoms with Crippen molar-refractivity contribution in [3.63, 3.8) is 0 Å². The number of hydrogen-bond acceptors (Lipinski definition) is 3. The van der Waals surface area contributed by atoms with Gasteiger partial charge in [-0.25, -0.2) is 0 Å². The van der Waals surface area contributed by atoms with Crippen molar-refractivity contribution < 1.29 is 0 Å². The molecule has 0 fully saturated rings. The van der Waals surface area contributed by atoms with Crippen LogP contribution in [-0.2, 0) is 0 Å². The minimum atomic E-state index is 0.912. The highest BCUT2D eigenvalue weighted by Gasteiger charge is 2.07. The molecule has 0 atom stereocenters. The van der Waals surface area contributed by atoms with Crippen LogP contribution in [0.4, 0.5) is 0 Å². The molecule has 80 valence electrons. The summed E-state index contributed by atoms with van der Waals surface area (Å²) < 4.78 is 2.11. The predicted octanol–water partition coefficient (Wildman–Crippen LogP) is 2.99. The lowest BCUT2D eigenvalue weighted by molar-refractivity contribution is 0.941. The van der Waals surface area contributed by atoms with Gasteiger partial charge in [0.1, 0.15) is 0 Å². The molecular weight excluding hydrogens is 218 g/mol. The SMILES string of the molecule is CCSc1nnc2ccc3ccccc3n12. The van der Waals surface area contributed by atoms with Gasteiger partial charge in [0, 0.05) is 0 Å². The Bertz CT molecular complexity index is 645. The summed E-state index contributed by atoms with van der Waals surface area (Å²) in [7, 11) is 0. The fraction of sp³-hybridized carbons (Fsp3) is 0.167. The number of hydrogen-bond donors (Lipinski definition) is 0. The largest absolute Gasteiger partial charge is 0.270 e. The lowest BCUT2D eigenvalue weighted by Crippen LogP contribution is -1.90. The molecule has 0 unspecified atom stereocenters. The Balaban J connectivity index is 2.42. The third kappa shape index (κ3) is 1.38. The number of benzene rings is 1. The van der Waals surface area contributed by atoms with Crippen LogP contribution in [0, 0.1) is 0 Å². The van der Waals surface area contributed by atoms with Gasteiger partial charge in [0.05, 0.1) is 5.52 Å². The summed E-state index contributed by atoms with van der Waals surface area (Å²) in [5, 5.41) is 10.6. The number of fused-ring (bicyclic) bond motifs is 3. The maximum atomic E-state index is 4.21. The van der Waals surface area contributed by atoms with Crippen LogP contribution in [0.15, 0.2) is 41.6 Å². The van der Waals surface area contributed by atoms with E-state index < -0.39 is 0 Å². The quantitative estimate of drug-likeness (QED) is 0.633. The van der Waals surface area contributed by atoms with Gasteiger partial charge in [-0.1, -0.05) is 36.9 Å². The Morgan fingerprint density at radius 1 is 1.12 bits per heavy atom. The lowest BCUT2D eigenvalue weighted by Gasteiger charge is -2.03. The fourth-order valence-electron chi connectivity index (χ4n) is 1.83. The van der Waals surface area contributed by atoms with Crippen molar-refractivity contribution in [3.8, 4) is 0 Å². The summed E-state index contributed by atoms with van der Waals surface area (Å²) in [5.74, 6) is 1.00. The van der Waals surface area contributed by atoms with E-state index in [2.05, 4.69) is 39.7 Å². The van der Waals surface area contributed by atoms with Crippen molar-refractivity contribution >= 4 is 28.3 Å². The summed E-state index contributed by atoms with van der Waals surface area (Å²) in [5.41, 5.74) is 2.08. The highest BCUT2D eigenvalue weighted by Crippen LogP contribution is 2.22. The first-order valence-corrected chi connectivity index (χ1v) is 6.24. The van der Waals surface area contributed by atoms with Crippen LogP contribution in [0.25, 0.3) is 16.6 Å². The number of nitrogens with zero attached hydrogens (tertiary/aromatic N) is 3. The van der Waals surface area contributed by atoms with Crippen LogP contribution in [0.1, 0.15) is 6.92 Å². The van der Waals surface area contributed by atoms with Crippen molar-refractivity contribution in [2.24, 2.45) is 0 Å². The number of thioether (sulfide) groups is 1. The van der Waals surface area contributed by atoms with E-state index in [-0.39, 0.29) is 0 Å². The number of rotatable bonds is 2. The topological polar surface area (TPSA) is 30.2 Å². The van der Waals surface area contributed by atoms with Gasteiger partial charge < -0.3 is 0 Å². The van der Waals surface area contributed by atoms with E-state index in [1.54, 1.807) is 11.8 Å². The van der Waals surface area contributed by atoms with Gasteiger partial charge in [-0.2, -0.15) is 0 Å². The average Bonchev–Trinajstić information content (AvgIpc) is 2.73. The maximum Gasteiger partial charge on any atom is 0.196 e. The van der Waals surface area contributed by atoms with E-state index in [0.29, 0.717) is 0 Å². The van der Waals surface area contributed by atoms with Crippen LogP contribution < -0.4 is 0 Å². The minimum absolute atomic E-state index is 0.912. The molecule has 0 saturated carbocycles. The number of para-hydroxylation sites is 1. The Hall–Kier alpha value is -1.55. The molecule has 0 N–H and O–H groups in total. The number of pyridine rings is 1. The van der Waals surface area contributed by atoms with Gasteiger partial charge in [0.2, 0.25) is 0 Å². The zero-order chi connectivity index (χ0) is 11.0. The molecule has 2 aromatic heterocycles. The van der Waals surface area contributed by atoms with E-state index in [9.17, 15) is 0 Å². The zero-order valence-corrected chi connectivity index (χ0v) is 9.74.